The summed E-state index contributed by atoms with van der Waals surface area (Å²) < 4.78 is 26.3. The number of aromatic amines is 1. The third-order valence-corrected chi connectivity index (χ3v) is 5.70. The van der Waals surface area contributed by atoms with Crippen molar-refractivity contribution < 1.29 is 8.42 Å². The maximum Gasteiger partial charge on any atom is 0.246 e. The molecule has 5 nitrogen and oxygen atoms in total. The summed E-state index contributed by atoms with van der Waals surface area (Å²) >= 11 is 0. The molecule has 0 aromatic carbocycles. The Morgan fingerprint density at radius 2 is 1.94 bits per heavy atom. The van der Waals surface area contributed by atoms with Gasteiger partial charge in [-0.3, -0.25) is 5.10 Å². The first-order valence-electron chi connectivity index (χ1n) is 5.52. The van der Waals surface area contributed by atoms with Crippen LogP contribution in [0, 0.1) is 25.7 Å². The number of aryl methyl sites for hydroxylation is 2. The summed E-state index contributed by atoms with van der Waals surface area (Å²) in [5, 5.41) is 6.69. The Morgan fingerprint density at radius 3 is 2.44 bits per heavy atom. The van der Waals surface area contributed by atoms with Gasteiger partial charge in [0.1, 0.15) is 4.90 Å². The summed E-state index contributed by atoms with van der Waals surface area (Å²) in [5.74, 6) is 1.23. The fourth-order valence-electron chi connectivity index (χ4n) is 2.60. The second-order valence-corrected chi connectivity index (χ2v) is 6.72. The highest BCUT2D eigenvalue weighted by molar-refractivity contribution is 7.89. The van der Waals surface area contributed by atoms with Crippen molar-refractivity contribution in [1.82, 2.24) is 14.5 Å². The van der Waals surface area contributed by atoms with Crippen LogP contribution in [0.2, 0.25) is 0 Å². The van der Waals surface area contributed by atoms with Crippen molar-refractivity contribution in [2.75, 3.05) is 13.1 Å². The minimum absolute atomic E-state index is 0.369. The Balaban J connectivity index is 1.99. The Labute approximate surface area is 94.9 Å². The molecule has 1 saturated heterocycles. The van der Waals surface area contributed by atoms with Crippen LogP contribution in [0.3, 0.4) is 0 Å². The highest BCUT2D eigenvalue weighted by Gasteiger charge is 2.49. The monoisotopic (exact) mass is 241 g/mol. The molecule has 2 atom stereocenters. The summed E-state index contributed by atoms with van der Waals surface area (Å²) in [6.45, 7) is 4.87. The largest absolute Gasteiger partial charge is 0.281 e. The zero-order valence-corrected chi connectivity index (χ0v) is 10.2. The summed E-state index contributed by atoms with van der Waals surface area (Å²) in [6, 6.07) is 0. The van der Waals surface area contributed by atoms with E-state index >= 15 is 0 Å². The van der Waals surface area contributed by atoms with Crippen LogP contribution in [0.4, 0.5) is 0 Å². The molecule has 1 aromatic rings. The lowest BCUT2D eigenvalue weighted by atomic mass is 10.4. The normalized spacial score (nSPS) is 29.4. The highest BCUT2D eigenvalue weighted by atomic mass is 32.2. The molecule has 1 saturated carbocycles. The van der Waals surface area contributed by atoms with E-state index in [1.807, 2.05) is 0 Å². The Bertz CT molecular complexity index is 505. The number of hydrogen-bond donors (Lipinski definition) is 1. The van der Waals surface area contributed by atoms with E-state index in [9.17, 15) is 8.42 Å². The van der Waals surface area contributed by atoms with E-state index in [4.69, 9.17) is 0 Å². The van der Waals surface area contributed by atoms with Crippen LogP contribution in [0.5, 0.6) is 0 Å². The molecule has 1 aliphatic heterocycles. The van der Waals surface area contributed by atoms with Crippen molar-refractivity contribution in [2.24, 2.45) is 11.8 Å². The molecule has 3 rings (SSSR count). The van der Waals surface area contributed by atoms with Crippen LogP contribution in [0.25, 0.3) is 0 Å². The smallest absolute Gasteiger partial charge is 0.246 e. The zero-order chi connectivity index (χ0) is 11.5. The summed E-state index contributed by atoms with van der Waals surface area (Å²) in [6.07, 6.45) is 1.20. The summed E-state index contributed by atoms with van der Waals surface area (Å²) in [5.41, 5.74) is 1.20. The standard InChI is InChI=1S/C10H15N3O2S/c1-6-10(7(2)12-11-6)16(14,15)13-4-8-3-9(8)5-13/h8-9H,3-5H2,1-2H3,(H,11,12). The number of hydrogen-bond acceptors (Lipinski definition) is 3. The van der Waals surface area contributed by atoms with E-state index in [2.05, 4.69) is 10.2 Å². The topological polar surface area (TPSA) is 66.1 Å². The third kappa shape index (κ3) is 1.33. The lowest BCUT2D eigenvalue weighted by Gasteiger charge is -2.17. The number of H-pyrrole nitrogens is 1. The van der Waals surface area contributed by atoms with Crippen LogP contribution in [-0.2, 0) is 10.0 Å². The zero-order valence-electron chi connectivity index (χ0n) is 9.40. The van der Waals surface area contributed by atoms with Crippen molar-refractivity contribution >= 4 is 10.0 Å². The maximum atomic E-state index is 12.4. The van der Waals surface area contributed by atoms with E-state index in [1.165, 1.54) is 6.42 Å². The van der Waals surface area contributed by atoms with Crippen molar-refractivity contribution in [1.29, 1.82) is 0 Å². The van der Waals surface area contributed by atoms with Gasteiger partial charge in [0.15, 0.2) is 0 Å². The van der Waals surface area contributed by atoms with Crippen molar-refractivity contribution in [3.05, 3.63) is 11.4 Å². The molecule has 2 aliphatic rings. The molecule has 0 bridgehead atoms. The molecule has 2 fully saturated rings. The average Bonchev–Trinajstić information content (AvgIpc) is 2.65. The van der Waals surface area contributed by atoms with E-state index in [0.29, 0.717) is 41.2 Å². The van der Waals surface area contributed by atoms with E-state index < -0.39 is 10.0 Å². The Morgan fingerprint density at radius 1 is 1.31 bits per heavy atom. The molecule has 16 heavy (non-hydrogen) atoms. The average molecular weight is 241 g/mol. The Hall–Kier alpha value is -0.880. The van der Waals surface area contributed by atoms with Crippen LogP contribution < -0.4 is 0 Å². The minimum atomic E-state index is -3.32. The van der Waals surface area contributed by atoms with Gasteiger partial charge >= 0.3 is 0 Å². The van der Waals surface area contributed by atoms with Crippen LogP contribution in [0.15, 0.2) is 4.90 Å². The highest BCUT2D eigenvalue weighted by Crippen LogP contribution is 2.46. The maximum absolute atomic E-state index is 12.4. The molecule has 2 heterocycles. The summed E-state index contributed by atoms with van der Waals surface area (Å²) in [4.78, 5) is 0.369. The van der Waals surface area contributed by atoms with Crippen LogP contribution in [0.1, 0.15) is 17.8 Å². The SMILES string of the molecule is Cc1n[nH]c(C)c1S(=O)(=O)N1CC2CC2C1. The van der Waals surface area contributed by atoms with E-state index in [1.54, 1.807) is 18.2 Å². The molecule has 88 valence electrons. The molecular formula is C10H15N3O2S. The minimum Gasteiger partial charge on any atom is -0.281 e. The van der Waals surface area contributed by atoms with Gasteiger partial charge in [0.2, 0.25) is 10.0 Å². The quantitative estimate of drug-likeness (QED) is 0.827. The fraction of sp³-hybridized carbons (Fsp3) is 0.700. The van der Waals surface area contributed by atoms with Gasteiger partial charge in [-0.05, 0) is 32.1 Å². The fourth-order valence-corrected chi connectivity index (χ4v) is 4.49. The van der Waals surface area contributed by atoms with Gasteiger partial charge in [0, 0.05) is 13.1 Å². The number of fused-ring (bicyclic) bond motifs is 1. The first-order chi connectivity index (χ1) is 7.50. The van der Waals surface area contributed by atoms with Gasteiger partial charge in [-0.25, -0.2) is 8.42 Å². The molecule has 0 spiro atoms. The molecular weight excluding hydrogens is 226 g/mol. The predicted molar refractivity (Wildman–Crippen MR) is 58.4 cm³/mol. The van der Waals surface area contributed by atoms with Crippen molar-refractivity contribution in [2.45, 2.75) is 25.2 Å². The molecule has 2 unspecified atom stereocenters. The first kappa shape index (κ1) is 10.3. The molecule has 0 radical (unpaired) electrons. The lowest BCUT2D eigenvalue weighted by molar-refractivity contribution is 0.442. The van der Waals surface area contributed by atoms with E-state index in [0.717, 1.165) is 0 Å². The van der Waals surface area contributed by atoms with Crippen LogP contribution >= 0.6 is 0 Å². The molecule has 1 N–H and O–H groups in total. The molecule has 1 aromatic heterocycles. The number of nitrogens with one attached hydrogen (secondary N) is 1. The van der Waals surface area contributed by atoms with Gasteiger partial charge < -0.3 is 0 Å². The molecule has 6 heteroatoms. The number of rotatable bonds is 2. The number of sulfonamides is 1. The van der Waals surface area contributed by atoms with Gasteiger partial charge in [-0.2, -0.15) is 9.40 Å². The van der Waals surface area contributed by atoms with Gasteiger partial charge in [-0.15, -0.1) is 0 Å². The lowest BCUT2D eigenvalue weighted by Crippen LogP contribution is -2.31. The predicted octanol–water partition coefficient (Wildman–Crippen LogP) is 0.667. The Kier molecular flexibility index (Phi) is 1.98. The van der Waals surface area contributed by atoms with Crippen molar-refractivity contribution in [3.8, 4) is 0 Å². The third-order valence-electron chi connectivity index (χ3n) is 3.60. The molecule has 1 aliphatic carbocycles. The van der Waals surface area contributed by atoms with E-state index in [-0.39, 0.29) is 0 Å². The second kappa shape index (κ2) is 3.07. The number of piperidine rings is 1. The van der Waals surface area contributed by atoms with Crippen LogP contribution in [-0.4, -0.2) is 36.0 Å². The van der Waals surface area contributed by atoms with Gasteiger partial charge in [-0.1, -0.05) is 0 Å². The van der Waals surface area contributed by atoms with Gasteiger partial charge in [0.05, 0.1) is 11.4 Å². The number of aromatic nitrogens is 2. The number of nitrogens with zero attached hydrogens (tertiary/aromatic N) is 2. The second-order valence-electron chi connectivity index (χ2n) is 4.84. The summed E-state index contributed by atoms with van der Waals surface area (Å²) in [7, 11) is -3.32. The van der Waals surface area contributed by atoms with Crippen molar-refractivity contribution in [3.63, 3.8) is 0 Å². The first-order valence-corrected chi connectivity index (χ1v) is 6.96. The van der Waals surface area contributed by atoms with Gasteiger partial charge in [0.25, 0.3) is 0 Å². The molecule has 0 amide bonds.